The van der Waals surface area contributed by atoms with Gasteiger partial charge in [0, 0.05) is 25.1 Å². The summed E-state index contributed by atoms with van der Waals surface area (Å²) in [4.78, 5) is 13.4. The normalized spacial score (nSPS) is 11.9. The van der Waals surface area contributed by atoms with Crippen molar-refractivity contribution in [2.45, 2.75) is 25.1 Å². The molecular weight excluding hydrogens is 399 g/mol. The molecule has 0 fully saturated rings. The highest BCUT2D eigenvalue weighted by Crippen LogP contribution is 2.27. The van der Waals surface area contributed by atoms with E-state index in [2.05, 4.69) is 4.74 Å². The van der Waals surface area contributed by atoms with Gasteiger partial charge >= 0.3 is 6.36 Å². The summed E-state index contributed by atoms with van der Waals surface area (Å²) in [5.74, 6) is -3.47. The molecule has 0 unspecified atom stereocenters. The summed E-state index contributed by atoms with van der Waals surface area (Å²) in [6.07, 6.45) is -5.10. The molecule has 2 aromatic carbocycles. The molecule has 5 nitrogen and oxygen atoms in total. The number of hydrogen-bond acceptors (Lipinski definition) is 4. The van der Waals surface area contributed by atoms with Gasteiger partial charge in [-0.25, -0.2) is 0 Å². The highest BCUT2D eigenvalue weighted by atomic mass is 35.5. The molecular formula is C19H19ClF3NO4. The number of hydrogen-bond donors (Lipinski definition) is 2. The molecule has 0 radical (unpaired) electrons. The summed E-state index contributed by atoms with van der Waals surface area (Å²) in [6, 6.07) is 13.3. The quantitative estimate of drug-likeness (QED) is 0.510. The molecule has 0 atom stereocenters. The van der Waals surface area contributed by atoms with Gasteiger partial charge in [-0.2, -0.15) is 0 Å². The Kier molecular flexibility index (Phi) is 7.29. The number of amides is 1. The van der Waals surface area contributed by atoms with Crippen LogP contribution >= 0.6 is 11.6 Å². The topological polar surface area (TPSA) is 70.0 Å². The summed E-state index contributed by atoms with van der Waals surface area (Å²) in [5.41, 5.74) is 0.816. The number of nitrogens with zero attached hydrogens (tertiary/aromatic N) is 1. The van der Waals surface area contributed by atoms with Crippen molar-refractivity contribution in [1.29, 1.82) is 0 Å². The van der Waals surface area contributed by atoms with Gasteiger partial charge in [0.2, 0.25) is 5.91 Å². The lowest BCUT2D eigenvalue weighted by Crippen LogP contribution is -2.37. The first-order valence-corrected chi connectivity index (χ1v) is 8.83. The second kappa shape index (κ2) is 9.27. The fourth-order valence-electron chi connectivity index (χ4n) is 2.54. The molecule has 0 aliphatic carbocycles. The number of aliphatic hydroxyl groups is 2. The van der Waals surface area contributed by atoms with Crippen molar-refractivity contribution in [1.82, 2.24) is 4.90 Å². The van der Waals surface area contributed by atoms with Gasteiger partial charge in [0.1, 0.15) is 11.6 Å². The molecule has 0 bridgehead atoms. The van der Waals surface area contributed by atoms with E-state index in [0.717, 1.165) is 29.8 Å². The van der Waals surface area contributed by atoms with Gasteiger partial charge in [-0.05, 0) is 29.8 Å². The predicted molar refractivity (Wildman–Crippen MR) is 96.4 cm³/mol. The first kappa shape index (κ1) is 22.0. The highest BCUT2D eigenvalue weighted by molar-refractivity contribution is 6.27. The third kappa shape index (κ3) is 6.70. The second-order valence-corrected chi connectivity index (χ2v) is 6.34. The molecule has 28 heavy (non-hydrogen) atoms. The van der Waals surface area contributed by atoms with Crippen LogP contribution in [0.5, 0.6) is 5.75 Å². The summed E-state index contributed by atoms with van der Waals surface area (Å²) in [5, 5.41) is 20.6. The minimum atomic E-state index is -4.84. The van der Waals surface area contributed by atoms with Crippen LogP contribution in [0.25, 0.3) is 0 Å². The second-order valence-electron chi connectivity index (χ2n) is 6.07. The van der Waals surface area contributed by atoms with E-state index in [1.165, 1.54) is 4.90 Å². The van der Waals surface area contributed by atoms with Gasteiger partial charge in [0.05, 0.1) is 0 Å². The van der Waals surface area contributed by atoms with Crippen molar-refractivity contribution >= 4 is 17.5 Å². The number of benzene rings is 2. The van der Waals surface area contributed by atoms with Gasteiger partial charge in [0.15, 0.2) is 5.79 Å². The highest BCUT2D eigenvalue weighted by Gasteiger charge is 2.32. The van der Waals surface area contributed by atoms with Crippen LogP contribution in [-0.4, -0.2) is 39.8 Å². The zero-order valence-electron chi connectivity index (χ0n) is 14.7. The molecule has 2 rings (SSSR count). The van der Waals surface area contributed by atoms with Crippen LogP contribution in [-0.2, 0) is 17.1 Å². The van der Waals surface area contributed by atoms with Crippen LogP contribution in [0.1, 0.15) is 17.5 Å². The molecule has 0 aliphatic heterocycles. The fraction of sp³-hybridized carbons (Fsp3) is 0.316. The molecule has 0 heterocycles. The Morgan fingerprint density at radius 2 is 1.64 bits per heavy atom. The van der Waals surface area contributed by atoms with Gasteiger partial charge in [-0.3, -0.25) is 4.79 Å². The minimum absolute atomic E-state index is 0.0196. The number of carbonyl (C=O) groups excluding carboxylic acids is 1. The molecule has 0 aromatic heterocycles. The smallest absolute Gasteiger partial charge is 0.406 e. The minimum Gasteiger partial charge on any atom is -0.406 e. The lowest BCUT2D eigenvalue weighted by Gasteiger charge is -2.28. The van der Waals surface area contributed by atoms with E-state index in [1.54, 1.807) is 0 Å². The van der Waals surface area contributed by atoms with E-state index < -0.39 is 17.9 Å². The van der Waals surface area contributed by atoms with Crippen molar-refractivity contribution in [3.63, 3.8) is 0 Å². The largest absolute Gasteiger partial charge is 0.573 e. The van der Waals surface area contributed by atoms with Gasteiger partial charge < -0.3 is 19.8 Å². The number of alkyl halides is 4. The van der Waals surface area contributed by atoms with E-state index in [4.69, 9.17) is 11.6 Å². The zero-order valence-corrected chi connectivity index (χ0v) is 15.5. The third-order valence-corrected chi connectivity index (χ3v) is 4.19. The Morgan fingerprint density at radius 1 is 1.04 bits per heavy atom. The molecule has 9 heteroatoms. The molecule has 1 amide bonds. The van der Waals surface area contributed by atoms with Crippen LogP contribution in [0, 0.1) is 0 Å². The summed E-state index contributed by atoms with van der Waals surface area (Å²) < 4.78 is 40.4. The predicted octanol–water partition coefficient (Wildman–Crippen LogP) is 3.38. The van der Waals surface area contributed by atoms with Crippen LogP contribution in [0.15, 0.2) is 54.6 Å². The van der Waals surface area contributed by atoms with Gasteiger partial charge in [-0.15, -0.1) is 24.8 Å². The molecule has 0 aliphatic rings. The van der Waals surface area contributed by atoms with E-state index >= 15 is 0 Å². The maximum absolute atomic E-state index is 12.2. The molecule has 2 aromatic rings. The first-order valence-electron chi connectivity index (χ1n) is 8.29. The average Bonchev–Trinajstić information content (AvgIpc) is 2.64. The Bertz CT molecular complexity index is 767. The molecule has 0 saturated heterocycles. The maximum atomic E-state index is 12.2. The molecule has 0 saturated carbocycles. The lowest BCUT2D eigenvalue weighted by molar-refractivity contribution is -0.274. The third-order valence-electron chi connectivity index (χ3n) is 3.96. The number of carbonyl (C=O) groups is 1. The van der Waals surface area contributed by atoms with Gasteiger partial charge in [0.25, 0.3) is 0 Å². The Balaban J connectivity index is 2.05. The van der Waals surface area contributed by atoms with E-state index in [9.17, 15) is 28.2 Å². The van der Waals surface area contributed by atoms with Gasteiger partial charge in [-0.1, -0.05) is 30.3 Å². The van der Waals surface area contributed by atoms with Crippen molar-refractivity contribution < 1.29 is 32.9 Å². The average molecular weight is 418 g/mol. The molecule has 152 valence electrons. The van der Waals surface area contributed by atoms with Crippen LogP contribution in [0.2, 0.25) is 0 Å². The Labute approximate surface area is 164 Å². The van der Waals surface area contributed by atoms with Crippen molar-refractivity contribution in [3.05, 3.63) is 65.7 Å². The SMILES string of the molecule is O=C(CCl)N(CCC(O)(O)c1ccc(OC(F)(F)F)cc1)Cc1ccccc1. The van der Waals surface area contributed by atoms with Crippen LogP contribution < -0.4 is 4.74 Å². The van der Waals surface area contributed by atoms with E-state index in [-0.39, 0.29) is 36.9 Å². The first-order chi connectivity index (χ1) is 13.1. The standard InChI is InChI=1S/C19H19ClF3NO4/c20-12-17(25)24(13-14-4-2-1-3-5-14)11-10-18(26,27)15-6-8-16(9-7-15)28-19(21,22)23/h1-9,26-27H,10-13H2. The monoisotopic (exact) mass is 417 g/mol. The maximum Gasteiger partial charge on any atom is 0.573 e. The zero-order chi connectivity index (χ0) is 20.8. The fourth-order valence-corrected chi connectivity index (χ4v) is 2.71. The Hall–Kier alpha value is -2.29. The molecule has 0 spiro atoms. The van der Waals surface area contributed by atoms with Crippen LogP contribution in [0.3, 0.4) is 0 Å². The number of ether oxygens (including phenoxy) is 1. The summed E-state index contributed by atoms with van der Waals surface area (Å²) >= 11 is 5.63. The number of halogens is 4. The van der Waals surface area contributed by atoms with E-state index in [0.29, 0.717) is 0 Å². The lowest BCUT2D eigenvalue weighted by atomic mass is 10.0. The number of rotatable bonds is 8. The Morgan fingerprint density at radius 3 is 2.18 bits per heavy atom. The summed E-state index contributed by atoms with van der Waals surface area (Å²) in [6.45, 7) is 0.217. The van der Waals surface area contributed by atoms with Crippen LogP contribution in [0.4, 0.5) is 13.2 Å². The van der Waals surface area contributed by atoms with Crippen molar-refractivity contribution in [3.8, 4) is 5.75 Å². The van der Waals surface area contributed by atoms with Crippen molar-refractivity contribution in [2.75, 3.05) is 12.4 Å². The van der Waals surface area contributed by atoms with Crippen molar-refractivity contribution in [2.24, 2.45) is 0 Å². The summed E-state index contributed by atoms with van der Waals surface area (Å²) in [7, 11) is 0. The molecule has 2 N–H and O–H groups in total. The van der Waals surface area contributed by atoms with E-state index in [1.807, 2.05) is 30.3 Å².